The molecule has 0 saturated carbocycles. The van der Waals surface area contributed by atoms with Gasteiger partial charge in [-0.25, -0.2) is 0 Å². The van der Waals surface area contributed by atoms with Crippen LogP contribution in [0.3, 0.4) is 0 Å². The number of benzene rings is 1. The summed E-state index contributed by atoms with van der Waals surface area (Å²) in [6.07, 6.45) is 1.75. The molecule has 1 rings (SSSR count). The average Bonchev–Trinajstić information content (AvgIpc) is 2.35. The van der Waals surface area contributed by atoms with Gasteiger partial charge >= 0.3 is 0 Å². The van der Waals surface area contributed by atoms with Gasteiger partial charge in [0.15, 0.2) is 0 Å². The van der Waals surface area contributed by atoms with Crippen molar-refractivity contribution in [3.63, 3.8) is 0 Å². The topological polar surface area (TPSA) is 59.1 Å². The highest BCUT2D eigenvalue weighted by molar-refractivity contribution is 9.10. The number of rotatable bonds is 7. The first-order chi connectivity index (χ1) is 9.24. The van der Waals surface area contributed by atoms with E-state index in [9.17, 15) is 0 Å². The van der Waals surface area contributed by atoms with Crippen molar-refractivity contribution < 1.29 is 4.74 Å². The second-order valence-electron chi connectivity index (χ2n) is 6.09. The summed E-state index contributed by atoms with van der Waals surface area (Å²) in [5, 5.41) is 7.54. The van der Waals surface area contributed by atoms with E-state index in [2.05, 4.69) is 35.8 Å². The SMILES string of the molecule is CC(C)c1cc(Br)ccc1OCCCC(C)(C)C(=N)N. The largest absolute Gasteiger partial charge is 0.493 e. The minimum absolute atomic E-state index is 0.240. The van der Waals surface area contributed by atoms with E-state index in [0.717, 1.165) is 23.1 Å². The zero-order valence-electron chi connectivity index (χ0n) is 12.8. The van der Waals surface area contributed by atoms with Crippen molar-refractivity contribution in [2.24, 2.45) is 11.1 Å². The molecule has 0 saturated heterocycles. The second kappa shape index (κ2) is 7.11. The van der Waals surface area contributed by atoms with Crippen molar-refractivity contribution in [3.8, 4) is 5.75 Å². The van der Waals surface area contributed by atoms with Gasteiger partial charge < -0.3 is 10.5 Å². The highest BCUT2D eigenvalue weighted by atomic mass is 79.9. The van der Waals surface area contributed by atoms with Gasteiger partial charge in [-0.15, -0.1) is 0 Å². The van der Waals surface area contributed by atoms with Crippen LogP contribution < -0.4 is 10.5 Å². The van der Waals surface area contributed by atoms with Crippen LogP contribution >= 0.6 is 15.9 Å². The lowest BCUT2D eigenvalue weighted by atomic mass is 9.87. The number of hydrogen-bond donors (Lipinski definition) is 2. The van der Waals surface area contributed by atoms with Gasteiger partial charge in [-0.2, -0.15) is 0 Å². The molecule has 0 amide bonds. The number of amidine groups is 1. The molecule has 0 radical (unpaired) electrons. The van der Waals surface area contributed by atoms with Crippen LogP contribution in [0.5, 0.6) is 5.75 Å². The van der Waals surface area contributed by atoms with Crippen LogP contribution in [0.25, 0.3) is 0 Å². The molecule has 3 nitrogen and oxygen atoms in total. The summed E-state index contributed by atoms with van der Waals surface area (Å²) in [7, 11) is 0. The van der Waals surface area contributed by atoms with E-state index < -0.39 is 0 Å². The first-order valence-electron chi connectivity index (χ1n) is 7.01. The minimum Gasteiger partial charge on any atom is -0.493 e. The van der Waals surface area contributed by atoms with E-state index in [1.165, 1.54) is 5.56 Å². The fourth-order valence-corrected chi connectivity index (χ4v) is 2.31. The minimum atomic E-state index is -0.246. The Balaban J connectivity index is 2.57. The van der Waals surface area contributed by atoms with Crippen LogP contribution in [-0.4, -0.2) is 12.4 Å². The molecule has 4 heteroatoms. The molecule has 0 fully saturated rings. The van der Waals surface area contributed by atoms with Gasteiger partial charge in [0.2, 0.25) is 0 Å². The molecular weight excluding hydrogens is 316 g/mol. The molecule has 112 valence electrons. The number of hydrogen-bond acceptors (Lipinski definition) is 2. The monoisotopic (exact) mass is 340 g/mol. The molecule has 0 aliphatic carbocycles. The lowest BCUT2D eigenvalue weighted by molar-refractivity contribution is 0.283. The maximum Gasteiger partial charge on any atom is 0.122 e. The molecule has 1 aromatic rings. The Morgan fingerprint density at radius 3 is 2.60 bits per heavy atom. The van der Waals surface area contributed by atoms with E-state index in [0.29, 0.717) is 12.5 Å². The Bertz CT molecular complexity index is 470. The molecule has 0 atom stereocenters. The number of nitrogens with one attached hydrogen (secondary N) is 1. The van der Waals surface area contributed by atoms with E-state index in [4.69, 9.17) is 15.9 Å². The van der Waals surface area contributed by atoms with Crippen molar-refractivity contribution in [1.82, 2.24) is 0 Å². The van der Waals surface area contributed by atoms with E-state index in [-0.39, 0.29) is 11.3 Å². The molecule has 3 N–H and O–H groups in total. The molecule has 0 aromatic heterocycles. The summed E-state index contributed by atoms with van der Waals surface area (Å²) in [5.41, 5.74) is 6.55. The van der Waals surface area contributed by atoms with Gasteiger partial charge in [-0.1, -0.05) is 43.6 Å². The molecule has 1 aromatic carbocycles. The van der Waals surface area contributed by atoms with Crippen molar-refractivity contribution in [2.45, 2.75) is 46.5 Å². The quantitative estimate of drug-likeness (QED) is 0.429. The summed E-state index contributed by atoms with van der Waals surface area (Å²) >= 11 is 3.50. The molecular formula is C16H25BrN2O. The summed E-state index contributed by atoms with van der Waals surface area (Å²) in [6.45, 7) is 8.96. The van der Waals surface area contributed by atoms with E-state index in [1.54, 1.807) is 0 Å². The molecule has 0 unspecified atom stereocenters. The van der Waals surface area contributed by atoms with Crippen molar-refractivity contribution in [2.75, 3.05) is 6.61 Å². The number of halogens is 1. The summed E-state index contributed by atoms with van der Waals surface area (Å²) in [5.74, 6) is 1.61. The Kier molecular flexibility index (Phi) is 6.06. The van der Waals surface area contributed by atoms with Crippen LogP contribution in [0.4, 0.5) is 0 Å². The fourth-order valence-electron chi connectivity index (χ4n) is 1.93. The molecule has 0 aliphatic rings. The first kappa shape index (κ1) is 17.0. The average molecular weight is 341 g/mol. The van der Waals surface area contributed by atoms with Crippen molar-refractivity contribution in [3.05, 3.63) is 28.2 Å². The second-order valence-corrected chi connectivity index (χ2v) is 7.00. The van der Waals surface area contributed by atoms with Gasteiger partial charge in [-0.3, -0.25) is 5.41 Å². The van der Waals surface area contributed by atoms with Crippen molar-refractivity contribution in [1.29, 1.82) is 5.41 Å². The standard InChI is InChI=1S/C16H25BrN2O/c1-11(2)13-10-12(17)6-7-14(13)20-9-5-8-16(3,4)15(18)19/h6-7,10-11H,5,8-9H2,1-4H3,(H3,18,19). The zero-order valence-corrected chi connectivity index (χ0v) is 14.4. The lowest BCUT2D eigenvalue weighted by Gasteiger charge is -2.23. The van der Waals surface area contributed by atoms with E-state index in [1.807, 2.05) is 26.0 Å². The highest BCUT2D eigenvalue weighted by Gasteiger charge is 2.20. The zero-order chi connectivity index (χ0) is 15.3. The van der Waals surface area contributed by atoms with Gasteiger partial charge in [0.05, 0.1) is 12.4 Å². The van der Waals surface area contributed by atoms with Crippen LogP contribution in [0.2, 0.25) is 0 Å². The molecule has 0 spiro atoms. The Labute approximate surface area is 130 Å². The number of ether oxygens (including phenoxy) is 1. The highest BCUT2D eigenvalue weighted by Crippen LogP contribution is 2.30. The predicted octanol–water partition coefficient (Wildman–Crippen LogP) is 4.69. The maximum atomic E-state index is 7.54. The van der Waals surface area contributed by atoms with Crippen LogP contribution in [0.15, 0.2) is 22.7 Å². The van der Waals surface area contributed by atoms with Gasteiger partial charge in [-0.05, 0) is 42.5 Å². The fraction of sp³-hybridized carbons (Fsp3) is 0.562. The Hall–Kier alpha value is -1.03. The Morgan fingerprint density at radius 2 is 2.05 bits per heavy atom. The third-order valence-corrected chi connectivity index (χ3v) is 4.02. The summed E-state index contributed by atoms with van der Waals surface area (Å²) < 4.78 is 6.97. The smallest absolute Gasteiger partial charge is 0.122 e. The summed E-state index contributed by atoms with van der Waals surface area (Å²) in [6, 6.07) is 6.12. The van der Waals surface area contributed by atoms with Gasteiger partial charge in [0.25, 0.3) is 0 Å². The third kappa shape index (κ3) is 4.82. The predicted molar refractivity (Wildman–Crippen MR) is 88.7 cm³/mol. The lowest BCUT2D eigenvalue weighted by Crippen LogP contribution is -2.31. The van der Waals surface area contributed by atoms with Crippen molar-refractivity contribution >= 4 is 21.8 Å². The van der Waals surface area contributed by atoms with Crippen LogP contribution in [0.1, 0.15) is 52.0 Å². The molecule has 0 aliphatic heterocycles. The van der Waals surface area contributed by atoms with Crippen LogP contribution in [-0.2, 0) is 0 Å². The summed E-state index contributed by atoms with van der Waals surface area (Å²) in [4.78, 5) is 0. The third-order valence-electron chi connectivity index (χ3n) is 3.53. The maximum absolute atomic E-state index is 7.54. The van der Waals surface area contributed by atoms with E-state index >= 15 is 0 Å². The Morgan fingerprint density at radius 1 is 1.40 bits per heavy atom. The molecule has 0 bridgehead atoms. The first-order valence-corrected chi connectivity index (χ1v) is 7.80. The molecule has 20 heavy (non-hydrogen) atoms. The normalized spacial score (nSPS) is 11.7. The van der Waals surface area contributed by atoms with Crippen LogP contribution in [0, 0.1) is 10.8 Å². The van der Waals surface area contributed by atoms with Gasteiger partial charge in [0.1, 0.15) is 5.75 Å². The number of nitrogens with two attached hydrogens (primary N) is 1. The van der Waals surface area contributed by atoms with Gasteiger partial charge in [0, 0.05) is 9.89 Å². The molecule has 0 heterocycles.